The summed E-state index contributed by atoms with van der Waals surface area (Å²) in [6.45, 7) is 4.21. The average Bonchev–Trinajstić information content (AvgIpc) is 3.20. The van der Waals surface area contributed by atoms with Crippen molar-refractivity contribution in [2.45, 2.75) is 26.4 Å². The lowest BCUT2D eigenvalue weighted by atomic mass is 9.93. The molecule has 2 aromatic heterocycles. The standard InChI is InChI=1S/C19H19N3O/c1-3-12-10-11(2)17-13(8-9-20-17)16(12)18(23)19-21-14-6-4-5-7-15(14)22-19/h4-10,18,20,23H,3H2,1-2H3,(H,21,22). The van der Waals surface area contributed by atoms with Gasteiger partial charge in [0.05, 0.1) is 11.0 Å². The number of hydrogen-bond donors (Lipinski definition) is 3. The molecular formula is C19H19N3O. The molecule has 1 unspecified atom stereocenters. The molecule has 2 heterocycles. The van der Waals surface area contributed by atoms with Crippen LogP contribution in [0, 0.1) is 6.92 Å². The second-order valence-corrected chi connectivity index (χ2v) is 5.93. The lowest BCUT2D eigenvalue weighted by Crippen LogP contribution is -2.06. The van der Waals surface area contributed by atoms with Crippen molar-refractivity contribution in [2.24, 2.45) is 0 Å². The van der Waals surface area contributed by atoms with Gasteiger partial charge in [-0.25, -0.2) is 4.98 Å². The van der Waals surface area contributed by atoms with Crippen molar-refractivity contribution < 1.29 is 5.11 Å². The Labute approximate surface area is 134 Å². The number of rotatable bonds is 3. The summed E-state index contributed by atoms with van der Waals surface area (Å²) in [6, 6.07) is 12.0. The molecule has 0 aliphatic rings. The van der Waals surface area contributed by atoms with Gasteiger partial charge in [0.2, 0.25) is 0 Å². The molecule has 0 aliphatic carbocycles. The minimum absolute atomic E-state index is 0.590. The summed E-state index contributed by atoms with van der Waals surface area (Å²) in [5, 5.41) is 12.1. The summed E-state index contributed by atoms with van der Waals surface area (Å²) < 4.78 is 0. The predicted octanol–water partition coefficient (Wildman–Crippen LogP) is 4.00. The van der Waals surface area contributed by atoms with E-state index in [9.17, 15) is 5.11 Å². The van der Waals surface area contributed by atoms with E-state index in [2.05, 4.69) is 34.9 Å². The molecule has 0 amide bonds. The zero-order chi connectivity index (χ0) is 16.0. The molecule has 0 saturated heterocycles. The number of aromatic amines is 2. The molecule has 0 bridgehead atoms. The van der Waals surface area contributed by atoms with E-state index in [4.69, 9.17) is 0 Å². The summed E-state index contributed by atoms with van der Waals surface area (Å²) in [7, 11) is 0. The Hall–Kier alpha value is -2.59. The van der Waals surface area contributed by atoms with Gasteiger partial charge in [0.1, 0.15) is 11.9 Å². The first-order valence-electron chi connectivity index (χ1n) is 7.91. The smallest absolute Gasteiger partial charge is 0.140 e. The molecular weight excluding hydrogens is 286 g/mol. The maximum Gasteiger partial charge on any atom is 0.140 e. The fourth-order valence-corrected chi connectivity index (χ4v) is 3.36. The van der Waals surface area contributed by atoms with Crippen LogP contribution in [0.15, 0.2) is 42.6 Å². The third-order valence-electron chi connectivity index (χ3n) is 4.49. The van der Waals surface area contributed by atoms with Crippen LogP contribution in [0.25, 0.3) is 21.9 Å². The van der Waals surface area contributed by atoms with Gasteiger partial charge in [-0.15, -0.1) is 0 Å². The number of aliphatic hydroxyl groups excluding tert-OH is 1. The summed E-state index contributed by atoms with van der Waals surface area (Å²) in [5.74, 6) is 0.590. The van der Waals surface area contributed by atoms with E-state index >= 15 is 0 Å². The molecule has 0 aliphatic heterocycles. The number of nitrogens with one attached hydrogen (secondary N) is 2. The number of aryl methyl sites for hydroxylation is 2. The molecule has 4 aromatic rings. The van der Waals surface area contributed by atoms with E-state index < -0.39 is 6.10 Å². The number of para-hydroxylation sites is 2. The van der Waals surface area contributed by atoms with Gasteiger partial charge >= 0.3 is 0 Å². The maximum atomic E-state index is 11.0. The topological polar surface area (TPSA) is 64.7 Å². The van der Waals surface area contributed by atoms with E-state index in [0.717, 1.165) is 39.5 Å². The normalized spacial score (nSPS) is 13.0. The Balaban J connectivity index is 1.93. The van der Waals surface area contributed by atoms with Crippen molar-refractivity contribution in [3.63, 3.8) is 0 Å². The number of benzene rings is 2. The molecule has 3 N–H and O–H groups in total. The van der Waals surface area contributed by atoms with Crippen LogP contribution in [0.1, 0.15) is 35.5 Å². The number of hydrogen-bond acceptors (Lipinski definition) is 2. The van der Waals surface area contributed by atoms with Crippen LogP contribution in [-0.2, 0) is 6.42 Å². The third-order valence-corrected chi connectivity index (χ3v) is 4.49. The molecule has 4 rings (SSSR count). The van der Waals surface area contributed by atoms with Crippen LogP contribution in [0.3, 0.4) is 0 Å². The summed E-state index contributed by atoms with van der Waals surface area (Å²) in [4.78, 5) is 11.1. The van der Waals surface area contributed by atoms with Crippen molar-refractivity contribution in [3.8, 4) is 0 Å². The number of aromatic nitrogens is 3. The zero-order valence-corrected chi connectivity index (χ0v) is 13.2. The fourth-order valence-electron chi connectivity index (χ4n) is 3.36. The average molecular weight is 305 g/mol. The van der Waals surface area contributed by atoms with Gasteiger partial charge in [-0.1, -0.05) is 25.1 Å². The van der Waals surface area contributed by atoms with E-state index in [1.165, 1.54) is 5.56 Å². The van der Waals surface area contributed by atoms with Gasteiger partial charge in [-0.2, -0.15) is 0 Å². The van der Waals surface area contributed by atoms with Crippen LogP contribution in [-0.4, -0.2) is 20.1 Å². The van der Waals surface area contributed by atoms with E-state index in [1.807, 2.05) is 36.5 Å². The molecule has 4 heteroatoms. The first-order valence-corrected chi connectivity index (χ1v) is 7.91. The largest absolute Gasteiger partial charge is 0.380 e. The van der Waals surface area contributed by atoms with Crippen LogP contribution in [0.2, 0.25) is 0 Å². The minimum Gasteiger partial charge on any atom is -0.380 e. The van der Waals surface area contributed by atoms with Gasteiger partial charge < -0.3 is 15.1 Å². The Kier molecular flexibility index (Phi) is 3.20. The molecule has 116 valence electrons. The Bertz CT molecular complexity index is 963. The van der Waals surface area contributed by atoms with Gasteiger partial charge in [-0.3, -0.25) is 0 Å². The molecule has 2 aromatic carbocycles. The quantitative estimate of drug-likeness (QED) is 0.535. The molecule has 4 nitrogen and oxygen atoms in total. The number of imidazole rings is 1. The lowest BCUT2D eigenvalue weighted by molar-refractivity contribution is 0.212. The van der Waals surface area contributed by atoms with Crippen molar-refractivity contribution in [1.29, 1.82) is 0 Å². The third kappa shape index (κ3) is 2.14. The lowest BCUT2D eigenvalue weighted by Gasteiger charge is -2.16. The zero-order valence-electron chi connectivity index (χ0n) is 13.2. The van der Waals surface area contributed by atoms with Crippen molar-refractivity contribution in [1.82, 2.24) is 15.0 Å². The molecule has 23 heavy (non-hydrogen) atoms. The Morgan fingerprint density at radius 1 is 1.22 bits per heavy atom. The highest BCUT2D eigenvalue weighted by atomic mass is 16.3. The summed E-state index contributed by atoms with van der Waals surface area (Å²) in [6.07, 6.45) is 2.02. The van der Waals surface area contributed by atoms with Gasteiger partial charge in [0.15, 0.2) is 0 Å². The molecule has 0 radical (unpaired) electrons. The summed E-state index contributed by atoms with van der Waals surface area (Å²) >= 11 is 0. The van der Waals surface area contributed by atoms with Crippen LogP contribution in [0.4, 0.5) is 0 Å². The minimum atomic E-state index is -0.767. The highest BCUT2D eigenvalue weighted by Gasteiger charge is 2.21. The SMILES string of the molecule is CCc1cc(C)c2[nH]ccc2c1C(O)c1nc2ccccc2[nH]1. The predicted molar refractivity (Wildman–Crippen MR) is 92.6 cm³/mol. The van der Waals surface area contributed by atoms with Crippen LogP contribution < -0.4 is 0 Å². The first kappa shape index (κ1) is 14.0. The maximum absolute atomic E-state index is 11.0. The second kappa shape index (κ2) is 5.25. The number of fused-ring (bicyclic) bond motifs is 2. The number of H-pyrrole nitrogens is 2. The number of aliphatic hydroxyl groups is 1. The fraction of sp³-hybridized carbons (Fsp3) is 0.211. The van der Waals surface area contributed by atoms with Crippen LogP contribution in [0.5, 0.6) is 0 Å². The van der Waals surface area contributed by atoms with Crippen molar-refractivity contribution >= 4 is 21.9 Å². The Morgan fingerprint density at radius 3 is 2.83 bits per heavy atom. The second-order valence-electron chi connectivity index (χ2n) is 5.93. The van der Waals surface area contributed by atoms with Gasteiger partial charge in [0.25, 0.3) is 0 Å². The van der Waals surface area contributed by atoms with Crippen LogP contribution >= 0.6 is 0 Å². The molecule has 0 saturated carbocycles. The van der Waals surface area contributed by atoms with Crippen molar-refractivity contribution in [2.75, 3.05) is 0 Å². The van der Waals surface area contributed by atoms with Crippen molar-refractivity contribution in [3.05, 3.63) is 65.1 Å². The molecule has 0 fully saturated rings. The number of nitrogens with zero attached hydrogens (tertiary/aromatic N) is 1. The monoisotopic (exact) mass is 305 g/mol. The van der Waals surface area contributed by atoms with Gasteiger partial charge in [-0.05, 0) is 42.7 Å². The van der Waals surface area contributed by atoms with E-state index in [1.54, 1.807) is 0 Å². The first-order chi connectivity index (χ1) is 11.2. The van der Waals surface area contributed by atoms with E-state index in [-0.39, 0.29) is 0 Å². The Morgan fingerprint density at radius 2 is 2.04 bits per heavy atom. The van der Waals surface area contributed by atoms with Gasteiger partial charge in [0, 0.05) is 22.7 Å². The highest BCUT2D eigenvalue weighted by molar-refractivity contribution is 5.88. The van der Waals surface area contributed by atoms with E-state index in [0.29, 0.717) is 5.82 Å². The molecule has 0 spiro atoms. The highest BCUT2D eigenvalue weighted by Crippen LogP contribution is 2.33. The summed E-state index contributed by atoms with van der Waals surface area (Å²) in [5.41, 5.74) is 6.18. The molecule has 1 atom stereocenters.